The topological polar surface area (TPSA) is 136 Å². The molecular formula is C27H19FN4O6S. The number of nitriles is 1. The van der Waals surface area contributed by atoms with Gasteiger partial charge in [-0.05, 0) is 48.0 Å². The highest BCUT2D eigenvalue weighted by Crippen LogP contribution is 2.35. The van der Waals surface area contributed by atoms with Gasteiger partial charge in [0.25, 0.3) is 15.6 Å². The monoisotopic (exact) mass is 546 g/mol. The first-order valence-corrected chi connectivity index (χ1v) is 12.8. The number of pyridine rings is 1. The number of sulfonamides is 1. The lowest BCUT2D eigenvalue weighted by Crippen LogP contribution is -2.19. The van der Waals surface area contributed by atoms with E-state index in [1.807, 2.05) is 6.07 Å². The molecule has 2 aromatic heterocycles. The number of halogens is 1. The lowest BCUT2D eigenvalue weighted by molar-refractivity contribution is 0.412. The van der Waals surface area contributed by atoms with Crippen LogP contribution in [0, 0.1) is 17.1 Å². The zero-order chi connectivity index (χ0) is 27.7. The molecule has 0 aliphatic carbocycles. The van der Waals surface area contributed by atoms with Crippen molar-refractivity contribution in [2.24, 2.45) is 0 Å². The Morgan fingerprint density at radius 2 is 1.79 bits per heavy atom. The highest BCUT2D eigenvalue weighted by Gasteiger charge is 2.20. The summed E-state index contributed by atoms with van der Waals surface area (Å²) >= 11 is 0. The average molecular weight is 547 g/mol. The summed E-state index contributed by atoms with van der Waals surface area (Å²) in [6.07, 6.45) is 1.23. The first-order valence-electron chi connectivity index (χ1n) is 11.3. The van der Waals surface area contributed by atoms with Crippen LogP contribution in [0.5, 0.6) is 11.5 Å². The third kappa shape index (κ3) is 4.67. The molecule has 39 heavy (non-hydrogen) atoms. The summed E-state index contributed by atoms with van der Waals surface area (Å²) in [5.41, 5.74) is 0.737. The van der Waals surface area contributed by atoms with E-state index < -0.39 is 21.4 Å². The van der Waals surface area contributed by atoms with Gasteiger partial charge in [0.2, 0.25) is 0 Å². The molecule has 5 aromatic rings. The molecule has 1 N–H and O–H groups in total. The van der Waals surface area contributed by atoms with Crippen molar-refractivity contribution >= 4 is 26.7 Å². The van der Waals surface area contributed by atoms with E-state index in [-0.39, 0.29) is 33.3 Å². The highest BCUT2D eigenvalue weighted by molar-refractivity contribution is 7.92. The molecule has 0 radical (unpaired) electrons. The van der Waals surface area contributed by atoms with Gasteiger partial charge in [0.15, 0.2) is 5.82 Å². The van der Waals surface area contributed by atoms with Crippen LogP contribution in [0.25, 0.3) is 27.7 Å². The number of anilines is 1. The van der Waals surface area contributed by atoms with Gasteiger partial charge in [0.05, 0.1) is 35.9 Å². The van der Waals surface area contributed by atoms with E-state index in [4.69, 9.17) is 9.47 Å². The molecule has 2 heterocycles. The van der Waals surface area contributed by atoms with Crippen LogP contribution < -0.4 is 19.8 Å². The Bertz CT molecular complexity index is 1930. The van der Waals surface area contributed by atoms with Gasteiger partial charge in [-0.15, -0.1) is 0 Å². The maximum absolute atomic E-state index is 15.5. The molecule has 0 bridgehead atoms. The number of hydrogen-bond donors (Lipinski definition) is 1. The molecular weight excluding hydrogens is 527 g/mol. The van der Waals surface area contributed by atoms with Crippen LogP contribution in [-0.4, -0.2) is 32.4 Å². The number of hydrogen-bond acceptors (Lipinski definition) is 8. The summed E-state index contributed by atoms with van der Waals surface area (Å²) in [6, 6.07) is 17.5. The van der Waals surface area contributed by atoms with Gasteiger partial charge in [-0.1, -0.05) is 11.2 Å². The van der Waals surface area contributed by atoms with Gasteiger partial charge in [-0.3, -0.25) is 14.1 Å². The highest BCUT2D eigenvalue weighted by atomic mass is 32.2. The molecule has 0 spiro atoms. The number of fused-ring (bicyclic) bond motifs is 1. The van der Waals surface area contributed by atoms with Crippen LogP contribution in [0.3, 0.4) is 0 Å². The molecule has 10 nitrogen and oxygen atoms in total. The first kappa shape index (κ1) is 25.5. The largest absolute Gasteiger partial charge is 0.495 e. The molecule has 12 heteroatoms. The van der Waals surface area contributed by atoms with Crippen LogP contribution in [0.1, 0.15) is 5.56 Å². The Morgan fingerprint density at radius 3 is 2.49 bits per heavy atom. The number of benzene rings is 3. The van der Waals surface area contributed by atoms with E-state index >= 15 is 4.39 Å². The summed E-state index contributed by atoms with van der Waals surface area (Å²) in [7, 11) is -1.19. The minimum absolute atomic E-state index is 0.0131. The van der Waals surface area contributed by atoms with Crippen molar-refractivity contribution in [3.05, 3.63) is 94.7 Å². The lowest BCUT2D eigenvalue weighted by Gasteiger charge is -2.17. The second-order valence-electron chi connectivity index (χ2n) is 8.25. The van der Waals surface area contributed by atoms with Gasteiger partial charge in [0.1, 0.15) is 29.6 Å². The van der Waals surface area contributed by atoms with E-state index in [9.17, 15) is 18.5 Å². The summed E-state index contributed by atoms with van der Waals surface area (Å²) in [5.74, 6) is -0.122. The Kier molecular flexibility index (Phi) is 6.51. The average Bonchev–Trinajstić information content (AvgIpc) is 3.44. The first-order chi connectivity index (χ1) is 18.7. The predicted octanol–water partition coefficient (Wildman–Crippen LogP) is 4.47. The summed E-state index contributed by atoms with van der Waals surface area (Å²) in [4.78, 5) is 12.9. The number of methoxy groups -OCH3 is 2. The van der Waals surface area contributed by atoms with Crippen molar-refractivity contribution in [1.29, 1.82) is 5.26 Å². The van der Waals surface area contributed by atoms with Crippen molar-refractivity contribution in [2.75, 3.05) is 18.9 Å². The van der Waals surface area contributed by atoms with Crippen LogP contribution in [0.4, 0.5) is 10.2 Å². The smallest absolute Gasteiger partial charge is 0.263 e. The SMILES string of the molecule is COc1ccc(-c2cc(OC)c(-n3c(=O)ccc4cc(S(=O)(=O)Nc5ccon5)ccc43)cc2F)cc1C#N. The van der Waals surface area contributed by atoms with Crippen LogP contribution in [-0.2, 0) is 10.0 Å². The van der Waals surface area contributed by atoms with Crippen molar-refractivity contribution in [3.63, 3.8) is 0 Å². The maximum Gasteiger partial charge on any atom is 0.263 e. The normalized spacial score (nSPS) is 11.2. The maximum atomic E-state index is 15.5. The number of rotatable bonds is 7. The molecule has 0 aliphatic heterocycles. The lowest BCUT2D eigenvalue weighted by atomic mass is 10.0. The fourth-order valence-electron chi connectivity index (χ4n) is 4.17. The predicted molar refractivity (Wildman–Crippen MR) is 140 cm³/mol. The summed E-state index contributed by atoms with van der Waals surface area (Å²) in [5, 5.41) is 13.4. The Labute approximate surface area is 221 Å². The van der Waals surface area contributed by atoms with Gasteiger partial charge in [-0.25, -0.2) is 12.8 Å². The molecule has 0 amide bonds. The zero-order valence-corrected chi connectivity index (χ0v) is 21.3. The van der Waals surface area contributed by atoms with E-state index in [1.165, 1.54) is 73.6 Å². The Morgan fingerprint density at radius 1 is 1.00 bits per heavy atom. The Hall–Kier alpha value is -5.15. The third-order valence-corrected chi connectivity index (χ3v) is 7.35. The van der Waals surface area contributed by atoms with Gasteiger partial charge < -0.3 is 14.0 Å². The molecule has 0 saturated carbocycles. The van der Waals surface area contributed by atoms with Gasteiger partial charge in [0, 0.05) is 29.1 Å². The Balaban J connectivity index is 1.63. The second kappa shape index (κ2) is 9.96. The molecule has 5 rings (SSSR count). The fourth-order valence-corrected chi connectivity index (χ4v) is 5.19. The summed E-state index contributed by atoms with van der Waals surface area (Å²) < 4.78 is 60.0. The number of nitrogens with one attached hydrogen (secondary N) is 1. The molecule has 0 fully saturated rings. The molecule has 196 valence electrons. The van der Waals surface area contributed by atoms with Gasteiger partial charge in [-0.2, -0.15) is 5.26 Å². The van der Waals surface area contributed by atoms with Crippen LogP contribution >= 0.6 is 0 Å². The molecule has 3 aromatic carbocycles. The van der Waals surface area contributed by atoms with Gasteiger partial charge >= 0.3 is 0 Å². The zero-order valence-electron chi connectivity index (χ0n) is 20.5. The second-order valence-corrected chi connectivity index (χ2v) is 9.93. The van der Waals surface area contributed by atoms with E-state index in [2.05, 4.69) is 14.4 Å². The molecule has 0 saturated heterocycles. The van der Waals surface area contributed by atoms with Crippen molar-refractivity contribution in [2.45, 2.75) is 4.90 Å². The molecule has 0 atom stereocenters. The number of nitrogens with zero attached hydrogens (tertiary/aromatic N) is 3. The number of ether oxygens (including phenoxy) is 2. The fraction of sp³-hybridized carbons (Fsp3) is 0.0741. The van der Waals surface area contributed by atoms with E-state index in [1.54, 1.807) is 12.1 Å². The van der Waals surface area contributed by atoms with Crippen molar-refractivity contribution in [3.8, 4) is 34.4 Å². The minimum atomic E-state index is -4.01. The van der Waals surface area contributed by atoms with Crippen molar-refractivity contribution in [1.82, 2.24) is 9.72 Å². The molecule has 0 unspecified atom stereocenters. The number of aromatic nitrogens is 2. The summed E-state index contributed by atoms with van der Waals surface area (Å²) in [6.45, 7) is 0. The van der Waals surface area contributed by atoms with Crippen molar-refractivity contribution < 1.29 is 26.8 Å². The minimum Gasteiger partial charge on any atom is -0.495 e. The quantitative estimate of drug-likeness (QED) is 0.316. The standard InChI is InChI=1S/C27H19FN4O6S/c1-36-24-7-3-16(11-18(24)15-29)20-13-25(37-2)23(14-21(20)28)32-22-6-5-19(12-17(22)4-8-27(32)33)39(34,35)31-26-9-10-38-30-26/h3-14H,1-2H3,(H,30,31). The van der Waals surface area contributed by atoms with E-state index in [0.717, 1.165) is 6.07 Å². The third-order valence-electron chi connectivity index (χ3n) is 5.99. The van der Waals surface area contributed by atoms with Crippen LogP contribution in [0.15, 0.2) is 87.2 Å². The molecule has 0 aliphatic rings. The van der Waals surface area contributed by atoms with E-state index in [0.29, 0.717) is 22.2 Å². The van der Waals surface area contributed by atoms with Crippen LogP contribution in [0.2, 0.25) is 0 Å².